The first kappa shape index (κ1) is 17.0. The molecule has 0 fully saturated rings. The summed E-state index contributed by atoms with van der Waals surface area (Å²) in [5.41, 5.74) is 2.83. The first-order valence-corrected chi connectivity index (χ1v) is 8.70. The zero-order valence-corrected chi connectivity index (χ0v) is 14.1. The van der Waals surface area contributed by atoms with Crippen molar-refractivity contribution in [2.24, 2.45) is 0 Å². The lowest BCUT2D eigenvalue weighted by atomic mass is 10.1. The number of hydrogen-bond donors (Lipinski definition) is 2. The maximum atomic E-state index is 12.7. The predicted octanol–water partition coefficient (Wildman–Crippen LogP) is 3.36. The summed E-state index contributed by atoms with van der Waals surface area (Å²) in [5.74, 6) is -1.16. The maximum Gasteiger partial charge on any atom is 0.335 e. The summed E-state index contributed by atoms with van der Waals surface area (Å²) in [6.07, 6.45) is 0.489. The second kappa shape index (κ2) is 6.42. The van der Waals surface area contributed by atoms with Gasteiger partial charge in [-0.05, 0) is 55.2 Å². The van der Waals surface area contributed by atoms with Gasteiger partial charge in [0.2, 0.25) is 0 Å². The molecule has 2 aromatic carbocycles. The summed E-state index contributed by atoms with van der Waals surface area (Å²) in [6.45, 7) is 5.56. The van der Waals surface area contributed by atoms with Gasteiger partial charge in [-0.3, -0.25) is 4.72 Å². The molecule has 2 N–H and O–H groups in total. The number of aromatic carboxylic acids is 1. The number of rotatable bonds is 5. The van der Waals surface area contributed by atoms with Crippen LogP contribution in [0.15, 0.2) is 41.3 Å². The Kier molecular flexibility index (Phi) is 4.75. The molecule has 6 heteroatoms. The SMILES string of the molecule is CCc1ccc(C(=O)O)cc1S(=O)(=O)Nc1cccc(C)c1C. The molecule has 0 aliphatic carbocycles. The summed E-state index contributed by atoms with van der Waals surface area (Å²) in [6, 6.07) is 9.52. The van der Waals surface area contributed by atoms with E-state index in [1.54, 1.807) is 18.2 Å². The first-order valence-electron chi connectivity index (χ1n) is 7.21. The molecule has 2 aromatic rings. The van der Waals surface area contributed by atoms with Crippen LogP contribution in [0, 0.1) is 13.8 Å². The van der Waals surface area contributed by atoms with E-state index in [-0.39, 0.29) is 10.5 Å². The Hall–Kier alpha value is -2.34. The van der Waals surface area contributed by atoms with Crippen LogP contribution in [-0.4, -0.2) is 19.5 Å². The van der Waals surface area contributed by atoms with Gasteiger partial charge >= 0.3 is 5.97 Å². The summed E-state index contributed by atoms with van der Waals surface area (Å²) in [4.78, 5) is 11.1. The first-order chi connectivity index (χ1) is 10.8. The van der Waals surface area contributed by atoms with Gasteiger partial charge in [0.25, 0.3) is 10.0 Å². The van der Waals surface area contributed by atoms with Crippen molar-refractivity contribution in [1.82, 2.24) is 0 Å². The Bertz CT molecular complexity index is 857. The minimum absolute atomic E-state index is 0.000746. The number of carboxylic acid groups (broad SMARTS) is 1. The molecule has 122 valence electrons. The van der Waals surface area contributed by atoms with E-state index in [0.29, 0.717) is 17.7 Å². The number of aryl methyl sites for hydroxylation is 2. The summed E-state index contributed by atoms with van der Waals surface area (Å²) in [5, 5.41) is 9.09. The normalized spacial score (nSPS) is 11.3. The molecule has 0 radical (unpaired) electrons. The van der Waals surface area contributed by atoms with Crippen molar-refractivity contribution >= 4 is 21.7 Å². The molecule has 0 unspecified atom stereocenters. The number of hydrogen-bond acceptors (Lipinski definition) is 3. The van der Waals surface area contributed by atoms with E-state index in [1.807, 2.05) is 26.8 Å². The Morgan fingerprint density at radius 2 is 1.87 bits per heavy atom. The van der Waals surface area contributed by atoms with Crippen LogP contribution >= 0.6 is 0 Å². The van der Waals surface area contributed by atoms with Gasteiger partial charge in [-0.15, -0.1) is 0 Å². The molecule has 0 heterocycles. The van der Waals surface area contributed by atoms with Crippen LogP contribution in [0.1, 0.15) is 34.0 Å². The monoisotopic (exact) mass is 333 g/mol. The number of anilines is 1. The van der Waals surface area contributed by atoms with Gasteiger partial charge in [-0.25, -0.2) is 13.2 Å². The van der Waals surface area contributed by atoms with E-state index >= 15 is 0 Å². The molecule has 0 saturated carbocycles. The molecule has 0 amide bonds. The van der Waals surface area contributed by atoms with Crippen molar-refractivity contribution in [3.63, 3.8) is 0 Å². The molecule has 2 rings (SSSR count). The van der Waals surface area contributed by atoms with Crippen LogP contribution in [0.4, 0.5) is 5.69 Å². The number of sulfonamides is 1. The summed E-state index contributed by atoms with van der Waals surface area (Å²) < 4.78 is 28.0. The standard InChI is InChI=1S/C17H19NO4S/c1-4-13-8-9-14(17(19)20)10-16(13)23(21,22)18-15-7-5-6-11(2)12(15)3/h5-10,18H,4H2,1-3H3,(H,19,20). The van der Waals surface area contributed by atoms with E-state index in [2.05, 4.69) is 4.72 Å². The number of nitrogens with one attached hydrogen (secondary N) is 1. The highest BCUT2D eigenvalue weighted by Crippen LogP contribution is 2.25. The average molecular weight is 333 g/mol. The zero-order valence-electron chi connectivity index (χ0n) is 13.3. The molecule has 5 nitrogen and oxygen atoms in total. The van der Waals surface area contributed by atoms with Crippen molar-refractivity contribution in [1.29, 1.82) is 0 Å². The lowest BCUT2D eigenvalue weighted by Gasteiger charge is -2.14. The lowest BCUT2D eigenvalue weighted by Crippen LogP contribution is -2.16. The molecule has 0 atom stereocenters. The number of carbonyl (C=O) groups is 1. The largest absolute Gasteiger partial charge is 0.478 e. The van der Waals surface area contributed by atoms with E-state index in [9.17, 15) is 13.2 Å². The van der Waals surface area contributed by atoms with Crippen molar-refractivity contribution in [2.45, 2.75) is 32.1 Å². The molecule has 0 saturated heterocycles. The van der Waals surface area contributed by atoms with Gasteiger partial charge in [0.05, 0.1) is 16.1 Å². The summed E-state index contributed by atoms with van der Waals surface area (Å²) >= 11 is 0. The van der Waals surface area contributed by atoms with E-state index in [1.165, 1.54) is 12.1 Å². The van der Waals surface area contributed by atoms with Crippen LogP contribution in [0.2, 0.25) is 0 Å². The lowest BCUT2D eigenvalue weighted by molar-refractivity contribution is 0.0696. The highest BCUT2D eigenvalue weighted by atomic mass is 32.2. The molecular weight excluding hydrogens is 314 g/mol. The Labute approximate surface area is 136 Å². The maximum absolute atomic E-state index is 12.7. The van der Waals surface area contributed by atoms with Gasteiger partial charge in [0.15, 0.2) is 0 Å². The molecule has 0 spiro atoms. The molecular formula is C17H19NO4S. The smallest absolute Gasteiger partial charge is 0.335 e. The van der Waals surface area contributed by atoms with E-state index < -0.39 is 16.0 Å². The Morgan fingerprint density at radius 3 is 2.48 bits per heavy atom. The topological polar surface area (TPSA) is 83.5 Å². The van der Waals surface area contributed by atoms with Crippen molar-refractivity contribution in [3.8, 4) is 0 Å². The number of benzene rings is 2. The predicted molar refractivity (Wildman–Crippen MR) is 89.5 cm³/mol. The number of carboxylic acids is 1. The molecule has 0 aliphatic rings. The van der Waals surface area contributed by atoms with Crippen molar-refractivity contribution < 1.29 is 18.3 Å². The molecule has 0 aromatic heterocycles. The minimum Gasteiger partial charge on any atom is -0.478 e. The third kappa shape index (κ3) is 3.53. The van der Waals surface area contributed by atoms with Gasteiger partial charge < -0.3 is 5.11 Å². The molecule has 23 heavy (non-hydrogen) atoms. The summed E-state index contributed by atoms with van der Waals surface area (Å²) in [7, 11) is -3.86. The van der Waals surface area contributed by atoms with E-state index in [4.69, 9.17) is 5.11 Å². The second-order valence-corrected chi connectivity index (χ2v) is 6.99. The average Bonchev–Trinajstić information content (AvgIpc) is 2.51. The van der Waals surface area contributed by atoms with Crippen LogP contribution in [0.3, 0.4) is 0 Å². The van der Waals surface area contributed by atoms with Gasteiger partial charge in [0.1, 0.15) is 0 Å². The van der Waals surface area contributed by atoms with Crippen LogP contribution < -0.4 is 4.72 Å². The fourth-order valence-corrected chi connectivity index (χ4v) is 3.75. The fourth-order valence-electron chi connectivity index (χ4n) is 2.29. The third-order valence-corrected chi connectivity index (χ3v) is 5.28. The minimum atomic E-state index is -3.86. The van der Waals surface area contributed by atoms with Gasteiger partial charge in [-0.1, -0.05) is 25.1 Å². The van der Waals surface area contributed by atoms with Gasteiger partial charge in [-0.2, -0.15) is 0 Å². The Balaban J connectivity index is 2.53. The van der Waals surface area contributed by atoms with Crippen molar-refractivity contribution in [3.05, 3.63) is 58.7 Å². The van der Waals surface area contributed by atoms with Crippen LogP contribution in [0.5, 0.6) is 0 Å². The molecule has 0 bridgehead atoms. The zero-order chi connectivity index (χ0) is 17.2. The highest BCUT2D eigenvalue weighted by molar-refractivity contribution is 7.92. The van der Waals surface area contributed by atoms with E-state index in [0.717, 1.165) is 11.1 Å². The molecule has 0 aliphatic heterocycles. The van der Waals surface area contributed by atoms with Crippen molar-refractivity contribution in [2.75, 3.05) is 4.72 Å². The highest BCUT2D eigenvalue weighted by Gasteiger charge is 2.21. The second-order valence-electron chi connectivity index (χ2n) is 5.33. The fraction of sp³-hybridized carbons (Fsp3) is 0.235. The van der Waals surface area contributed by atoms with Crippen LogP contribution in [0.25, 0.3) is 0 Å². The van der Waals surface area contributed by atoms with Crippen LogP contribution in [-0.2, 0) is 16.4 Å². The third-order valence-electron chi connectivity index (χ3n) is 3.83. The quantitative estimate of drug-likeness (QED) is 0.879. The van der Waals surface area contributed by atoms with Gasteiger partial charge in [0, 0.05) is 0 Å². The Morgan fingerprint density at radius 1 is 1.17 bits per heavy atom.